The van der Waals surface area contributed by atoms with Crippen molar-refractivity contribution < 1.29 is 13.3 Å². The van der Waals surface area contributed by atoms with Crippen molar-refractivity contribution >= 4 is 8.80 Å². The maximum Gasteiger partial charge on any atom is 0.500 e. The topological polar surface area (TPSA) is 30.9 Å². The minimum Gasteiger partial charge on any atom is -0.377 e. The second kappa shape index (κ2) is 23.2. The van der Waals surface area contributed by atoms with Crippen molar-refractivity contribution in [1.29, 1.82) is 0 Å². The summed E-state index contributed by atoms with van der Waals surface area (Å²) in [7, 11) is 4.97. The van der Waals surface area contributed by atoms with Gasteiger partial charge in [0.1, 0.15) is 0 Å². The lowest BCUT2D eigenvalue weighted by Gasteiger charge is -2.24. The van der Waals surface area contributed by atoms with Crippen LogP contribution in [0.15, 0.2) is 0 Å². The zero-order valence-electron chi connectivity index (χ0n) is 22.0. The molecule has 5 heteroatoms. The van der Waals surface area contributed by atoms with E-state index in [2.05, 4.69) is 18.9 Å². The molecule has 0 spiro atoms. The van der Waals surface area contributed by atoms with Crippen LogP contribution in [0.3, 0.4) is 0 Å². The van der Waals surface area contributed by atoms with Crippen LogP contribution in [0.25, 0.3) is 0 Å². The van der Waals surface area contributed by atoms with Crippen LogP contribution in [-0.4, -0.2) is 55.2 Å². The third kappa shape index (κ3) is 19.3. The van der Waals surface area contributed by atoms with Crippen molar-refractivity contribution in [2.24, 2.45) is 0 Å². The average molecular weight is 460 g/mol. The fourth-order valence-electron chi connectivity index (χ4n) is 4.32. The minimum atomic E-state index is -2.37. The molecule has 0 radical (unpaired) electrons. The van der Waals surface area contributed by atoms with Crippen LogP contribution < -0.4 is 0 Å². The molecule has 31 heavy (non-hydrogen) atoms. The molecule has 0 amide bonds. The molecule has 0 fully saturated rings. The van der Waals surface area contributed by atoms with E-state index in [9.17, 15) is 0 Å². The molecule has 0 saturated carbocycles. The first-order valence-corrected chi connectivity index (χ1v) is 15.4. The number of hydrogen-bond donors (Lipinski definition) is 0. The summed E-state index contributed by atoms with van der Waals surface area (Å²) in [5.41, 5.74) is 0. The van der Waals surface area contributed by atoms with Gasteiger partial charge in [-0.15, -0.1) is 0 Å². The molecule has 0 N–H and O–H groups in total. The van der Waals surface area contributed by atoms with Crippen LogP contribution in [0.2, 0.25) is 6.04 Å². The van der Waals surface area contributed by atoms with Crippen molar-refractivity contribution in [3.05, 3.63) is 0 Å². The van der Waals surface area contributed by atoms with E-state index in [1.165, 1.54) is 116 Å². The van der Waals surface area contributed by atoms with Crippen LogP contribution in [0, 0.1) is 0 Å². The summed E-state index contributed by atoms with van der Waals surface area (Å²) in [5, 5.41) is 0. The van der Waals surface area contributed by atoms with Crippen molar-refractivity contribution in [2.75, 3.05) is 41.5 Å². The number of unbranched alkanes of at least 4 members (excludes halogenated alkanes) is 16. The van der Waals surface area contributed by atoms with Crippen LogP contribution in [0.1, 0.15) is 122 Å². The third-order valence-corrected chi connectivity index (χ3v) is 9.43. The predicted octanol–water partition coefficient (Wildman–Crippen LogP) is 7.84. The molecule has 0 aromatic heterocycles. The van der Waals surface area contributed by atoms with Gasteiger partial charge in [0.05, 0.1) is 0 Å². The van der Waals surface area contributed by atoms with Gasteiger partial charge in [0, 0.05) is 27.4 Å². The van der Waals surface area contributed by atoms with E-state index in [0.29, 0.717) is 0 Å². The fraction of sp³-hybridized carbons (Fsp3) is 1.00. The first-order chi connectivity index (χ1) is 15.1. The Balaban J connectivity index is 3.31. The molecule has 0 saturated heterocycles. The first-order valence-electron chi connectivity index (χ1n) is 13.5. The zero-order chi connectivity index (χ0) is 23.0. The summed E-state index contributed by atoms with van der Waals surface area (Å²) in [4.78, 5) is 2.47. The molecule has 0 aliphatic heterocycles. The molecule has 0 aromatic rings. The van der Waals surface area contributed by atoms with Gasteiger partial charge in [0.2, 0.25) is 0 Å². The maximum absolute atomic E-state index is 5.49. The fourth-order valence-corrected chi connectivity index (χ4v) is 6.12. The third-order valence-electron chi connectivity index (χ3n) is 6.60. The molecule has 0 aliphatic carbocycles. The number of rotatable bonds is 25. The van der Waals surface area contributed by atoms with Gasteiger partial charge >= 0.3 is 8.80 Å². The Kier molecular flexibility index (Phi) is 23.3. The summed E-state index contributed by atoms with van der Waals surface area (Å²) in [5.74, 6) is 0. The van der Waals surface area contributed by atoms with Gasteiger partial charge in [0.25, 0.3) is 0 Å². The van der Waals surface area contributed by atoms with Gasteiger partial charge in [-0.3, -0.25) is 0 Å². The summed E-state index contributed by atoms with van der Waals surface area (Å²) >= 11 is 0. The Morgan fingerprint density at radius 2 is 0.806 bits per heavy atom. The highest BCUT2D eigenvalue weighted by atomic mass is 28.4. The molecule has 0 bridgehead atoms. The average Bonchev–Trinajstić information content (AvgIpc) is 2.79. The summed E-state index contributed by atoms with van der Waals surface area (Å²) < 4.78 is 16.5. The SMILES string of the molecule is CCCCCCCCCCCCCCCCCCN(C)CCCC[Si](OC)(OC)OC. The van der Waals surface area contributed by atoms with Crippen LogP contribution in [0.5, 0.6) is 0 Å². The van der Waals surface area contributed by atoms with E-state index >= 15 is 0 Å². The Hall–Kier alpha value is 0.0569. The lowest BCUT2D eigenvalue weighted by Crippen LogP contribution is -2.42. The molecular formula is C26H57NO3Si. The summed E-state index contributed by atoms with van der Waals surface area (Å²) in [6.07, 6.45) is 25.2. The predicted molar refractivity (Wildman–Crippen MR) is 138 cm³/mol. The Morgan fingerprint density at radius 3 is 1.16 bits per heavy atom. The van der Waals surface area contributed by atoms with Gasteiger partial charge in [0.15, 0.2) is 0 Å². The van der Waals surface area contributed by atoms with Crippen molar-refractivity contribution in [3.8, 4) is 0 Å². The molecule has 0 unspecified atom stereocenters. The standard InChI is InChI=1S/C26H57NO3Si/c1-6-7-8-9-10-11-12-13-14-15-16-17-18-19-20-21-24-27(2)25-22-23-26-31(28-3,29-4)30-5/h6-26H2,1-5H3. The number of hydrogen-bond acceptors (Lipinski definition) is 4. The quantitative estimate of drug-likeness (QED) is 0.103. The second-order valence-corrected chi connectivity index (χ2v) is 12.4. The molecule has 0 heterocycles. The lowest BCUT2D eigenvalue weighted by molar-refractivity contribution is 0.122. The van der Waals surface area contributed by atoms with Crippen molar-refractivity contribution in [2.45, 2.75) is 129 Å². The number of nitrogens with zero attached hydrogens (tertiary/aromatic N) is 1. The molecule has 188 valence electrons. The smallest absolute Gasteiger partial charge is 0.377 e. The van der Waals surface area contributed by atoms with E-state index in [1.54, 1.807) is 21.3 Å². The van der Waals surface area contributed by atoms with E-state index in [1.807, 2.05) is 0 Å². The minimum absolute atomic E-state index is 0.906. The molecule has 0 atom stereocenters. The first kappa shape index (κ1) is 31.1. The van der Waals surface area contributed by atoms with Gasteiger partial charge in [-0.25, -0.2) is 0 Å². The highest BCUT2D eigenvalue weighted by Crippen LogP contribution is 2.17. The molecule has 0 aliphatic rings. The maximum atomic E-state index is 5.49. The molecule has 4 nitrogen and oxygen atoms in total. The highest BCUT2D eigenvalue weighted by Gasteiger charge is 2.36. The zero-order valence-corrected chi connectivity index (χ0v) is 23.0. The Bertz CT molecular complexity index is 345. The second-order valence-electron chi connectivity index (χ2n) is 9.36. The monoisotopic (exact) mass is 459 g/mol. The Labute approximate surface area is 197 Å². The van der Waals surface area contributed by atoms with Crippen molar-refractivity contribution in [1.82, 2.24) is 4.90 Å². The van der Waals surface area contributed by atoms with Crippen LogP contribution >= 0.6 is 0 Å². The summed E-state index contributed by atoms with van der Waals surface area (Å²) in [6.45, 7) is 4.67. The van der Waals surface area contributed by atoms with Gasteiger partial charge in [-0.1, -0.05) is 103 Å². The van der Waals surface area contributed by atoms with E-state index in [0.717, 1.165) is 19.0 Å². The normalized spacial score (nSPS) is 12.2. The summed E-state index contributed by atoms with van der Waals surface area (Å²) in [6, 6.07) is 0.906. The molecule has 0 rings (SSSR count). The molecular weight excluding hydrogens is 402 g/mol. The van der Waals surface area contributed by atoms with E-state index in [-0.39, 0.29) is 0 Å². The van der Waals surface area contributed by atoms with Crippen molar-refractivity contribution in [3.63, 3.8) is 0 Å². The van der Waals surface area contributed by atoms with Crippen LogP contribution in [0.4, 0.5) is 0 Å². The lowest BCUT2D eigenvalue weighted by atomic mass is 10.0. The molecule has 0 aromatic carbocycles. The van der Waals surface area contributed by atoms with Gasteiger partial charge in [-0.05, 0) is 39.4 Å². The highest BCUT2D eigenvalue weighted by molar-refractivity contribution is 6.60. The van der Waals surface area contributed by atoms with E-state index < -0.39 is 8.80 Å². The van der Waals surface area contributed by atoms with Gasteiger partial charge < -0.3 is 18.2 Å². The largest absolute Gasteiger partial charge is 0.500 e. The van der Waals surface area contributed by atoms with E-state index in [4.69, 9.17) is 13.3 Å². The van der Waals surface area contributed by atoms with Crippen LogP contribution in [-0.2, 0) is 13.3 Å². The van der Waals surface area contributed by atoms with Gasteiger partial charge in [-0.2, -0.15) is 0 Å². The Morgan fingerprint density at radius 1 is 0.484 bits per heavy atom.